The number of aromatic amines is 1. The molecule has 1 atom stereocenters. The molecule has 1 aliphatic rings. The monoisotopic (exact) mass is 367 g/mol. The topological polar surface area (TPSA) is 58.2 Å². The van der Waals surface area contributed by atoms with Crippen molar-refractivity contribution in [2.45, 2.75) is 23.2 Å². The minimum Gasteiger partial charge on any atom is -0.497 e. The van der Waals surface area contributed by atoms with Gasteiger partial charge in [-0.1, -0.05) is 42.1 Å². The van der Waals surface area contributed by atoms with Gasteiger partial charge in [-0.25, -0.2) is 4.98 Å². The summed E-state index contributed by atoms with van der Waals surface area (Å²) in [6.07, 6.45) is 2.17. The molecule has 1 fully saturated rings. The molecule has 2 heterocycles. The lowest BCUT2D eigenvalue weighted by Crippen LogP contribution is -2.31. The van der Waals surface area contributed by atoms with Crippen molar-refractivity contribution in [2.24, 2.45) is 0 Å². The quantitative estimate of drug-likeness (QED) is 0.692. The van der Waals surface area contributed by atoms with Gasteiger partial charge in [0.25, 0.3) is 0 Å². The van der Waals surface area contributed by atoms with Gasteiger partial charge in [-0.3, -0.25) is 4.79 Å². The highest BCUT2D eigenvalue weighted by Gasteiger charge is 2.29. The number of thioether (sulfide) groups is 1. The third-order valence-corrected chi connectivity index (χ3v) is 5.77. The Bertz CT molecular complexity index is 904. The molecule has 1 aromatic heterocycles. The average molecular weight is 367 g/mol. The first-order valence-electron chi connectivity index (χ1n) is 8.79. The maximum Gasteiger partial charge on any atom is 0.240 e. The number of carbonyl (C=O) groups excluding carboxylic acids is 1. The van der Waals surface area contributed by atoms with Crippen LogP contribution in [0.2, 0.25) is 0 Å². The van der Waals surface area contributed by atoms with Crippen LogP contribution in [0.3, 0.4) is 0 Å². The van der Waals surface area contributed by atoms with Crippen LogP contribution in [0.4, 0.5) is 0 Å². The number of amides is 1. The Morgan fingerprint density at radius 3 is 2.69 bits per heavy atom. The van der Waals surface area contributed by atoms with Crippen molar-refractivity contribution in [2.75, 3.05) is 20.2 Å². The zero-order chi connectivity index (χ0) is 17.9. The van der Waals surface area contributed by atoms with Crippen molar-refractivity contribution in [3.8, 4) is 5.75 Å². The predicted molar refractivity (Wildman–Crippen MR) is 103 cm³/mol. The Morgan fingerprint density at radius 2 is 1.96 bits per heavy atom. The number of nitrogens with zero attached hydrogens (tertiary/aromatic N) is 2. The summed E-state index contributed by atoms with van der Waals surface area (Å²) in [5, 5.41) is 0.450. The van der Waals surface area contributed by atoms with Crippen LogP contribution in [0.15, 0.2) is 53.7 Å². The smallest absolute Gasteiger partial charge is 0.240 e. The summed E-state index contributed by atoms with van der Waals surface area (Å²) in [5.74, 6) is 0.946. The number of hydrogen-bond donors (Lipinski definition) is 1. The Kier molecular flexibility index (Phi) is 4.84. The summed E-state index contributed by atoms with van der Waals surface area (Å²) in [7, 11) is 1.65. The molecule has 0 bridgehead atoms. The van der Waals surface area contributed by atoms with E-state index in [1.54, 1.807) is 7.11 Å². The second-order valence-corrected chi connectivity index (χ2v) is 7.46. The lowest BCUT2D eigenvalue weighted by Gasteiger charge is -2.22. The molecule has 26 heavy (non-hydrogen) atoms. The van der Waals surface area contributed by atoms with Crippen LogP contribution in [-0.4, -0.2) is 41.0 Å². The zero-order valence-corrected chi connectivity index (χ0v) is 15.5. The molecule has 0 saturated carbocycles. The van der Waals surface area contributed by atoms with E-state index in [9.17, 15) is 4.79 Å². The van der Waals surface area contributed by atoms with E-state index in [0.29, 0.717) is 0 Å². The zero-order valence-electron chi connectivity index (χ0n) is 14.6. The number of methoxy groups -OCH3 is 1. The first-order valence-corrected chi connectivity index (χ1v) is 9.67. The van der Waals surface area contributed by atoms with E-state index < -0.39 is 0 Å². The maximum atomic E-state index is 13.1. The molecule has 2 aromatic carbocycles. The first-order chi connectivity index (χ1) is 12.7. The largest absolute Gasteiger partial charge is 0.497 e. The molecule has 1 N–H and O–H groups in total. The fourth-order valence-corrected chi connectivity index (χ4v) is 4.34. The summed E-state index contributed by atoms with van der Waals surface area (Å²) in [6.45, 7) is 1.69. The molecule has 0 spiro atoms. The van der Waals surface area contributed by atoms with Crippen molar-refractivity contribution in [1.82, 2.24) is 14.9 Å². The van der Waals surface area contributed by atoms with Crippen LogP contribution in [0.25, 0.3) is 11.0 Å². The second-order valence-electron chi connectivity index (χ2n) is 6.37. The van der Waals surface area contributed by atoms with Gasteiger partial charge in [-0.05, 0) is 30.5 Å². The Hall–Kier alpha value is -2.47. The number of nitrogens with one attached hydrogen (secondary N) is 1. The number of imidazole rings is 1. The third-order valence-electron chi connectivity index (χ3n) is 4.64. The minimum atomic E-state index is -0.295. The summed E-state index contributed by atoms with van der Waals surface area (Å²) >= 11 is 1.48. The molecule has 6 heteroatoms. The average Bonchev–Trinajstić information content (AvgIpc) is 3.35. The van der Waals surface area contributed by atoms with Gasteiger partial charge in [0.1, 0.15) is 11.0 Å². The van der Waals surface area contributed by atoms with Gasteiger partial charge in [0.05, 0.1) is 18.1 Å². The van der Waals surface area contributed by atoms with Gasteiger partial charge in [0.2, 0.25) is 5.91 Å². The van der Waals surface area contributed by atoms with Crippen LogP contribution in [0.1, 0.15) is 23.7 Å². The Labute approximate surface area is 156 Å². The highest BCUT2D eigenvalue weighted by molar-refractivity contribution is 8.00. The summed E-state index contributed by atoms with van der Waals surface area (Å²) in [5.41, 5.74) is 2.79. The first kappa shape index (κ1) is 17.0. The number of hydrogen-bond acceptors (Lipinski definition) is 4. The van der Waals surface area contributed by atoms with E-state index in [4.69, 9.17) is 4.74 Å². The van der Waals surface area contributed by atoms with Crippen LogP contribution in [0, 0.1) is 0 Å². The van der Waals surface area contributed by atoms with Gasteiger partial charge in [0.15, 0.2) is 5.16 Å². The second kappa shape index (κ2) is 7.41. The SMILES string of the molecule is COc1ccc2nc(SC(C(=O)N3CCCC3)c3ccccc3)[nH]c2c1. The molecule has 1 amide bonds. The van der Waals surface area contributed by atoms with Crippen molar-refractivity contribution >= 4 is 28.7 Å². The fourth-order valence-electron chi connectivity index (χ4n) is 3.25. The molecule has 1 aliphatic heterocycles. The van der Waals surface area contributed by atoms with E-state index in [0.717, 1.165) is 53.4 Å². The Balaban J connectivity index is 1.64. The van der Waals surface area contributed by atoms with Crippen LogP contribution < -0.4 is 4.74 Å². The van der Waals surface area contributed by atoms with Gasteiger partial charge in [-0.2, -0.15) is 0 Å². The molecule has 5 nitrogen and oxygen atoms in total. The number of fused-ring (bicyclic) bond motifs is 1. The molecule has 4 rings (SSSR count). The lowest BCUT2D eigenvalue weighted by atomic mass is 10.1. The molecule has 0 aliphatic carbocycles. The van der Waals surface area contributed by atoms with Gasteiger partial charge in [-0.15, -0.1) is 0 Å². The van der Waals surface area contributed by atoms with Gasteiger partial charge in [0, 0.05) is 19.2 Å². The molecule has 1 saturated heterocycles. The minimum absolute atomic E-state index is 0.164. The van der Waals surface area contributed by atoms with E-state index in [-0.39, 0.29) is 11.2 Å². The number of ether oxygens (including phenoxy) is 1. The van der Waals surface area contributed by atoms with E-state index >= 15 is 0 Å². The van der Waals surface area contributed by atoms with E-state index in [1.165, 1.54) is 11.8 Å². The molecular formula is C20H21N3O2S. The highest BCUT2D eigenvalue weighted by atomic mass is 32.2. The normalized spacial score (nSPS) is 15.3. The Morgan fingerprint density at radius 1 is 1.19 bits per heavy atom. The fraction of sp³-hybridized carbons (Fsp3) is 0.300. The van der Waals surface area contributed by atoms with E-state index in [2.05, 4.69) is 9.97 Å². The third kappa shape index (κ3) is 3.42. The van der Waals surface area contributed by atoms with Crippen molar-refractivity contribution in [3.05, 3.63) is 54.1 Å². The van der Waals surface area contributed by atoms with E-state index in [1.807, 2.05) is 53.4 Å². The molecule has 134 valence electrons. The number of likely N-dealkylation sites (tertiary alicyclic amines) is 1. The summed E-state index contributed by atoms with van der Waals surface area (Å²) in [4.78, 5) is 23.0. The van der Waals surface area contributed by atoms with Crippen molar-refractivity contribution in [3.63, 3.8) is 0 Å². The number of carbonyl (C=O) groups is 1. The molecule has 0 radical (unpaired) electrons. The number of rotatable bonds is 5. The molecule has 3 aromatic rings. The summed E-state index contributed by atoms with van der Waals surface area (Å²) in [6, 6.07) is 15.7. The summed E-state index contributed by atoms with van der Waals surface area (Å²) < 4.78 is 5.27. The van der Waals surface area contributed by atoms with Crippen LogP contribution in [-0.2, 0) is 4.79 Å². The number of H-pyrrole nitrogens is 1. The standard InChI is InChI=1S/C20H21N3O2S/c1-25-15-9-10-16-17(13-15)22-20(21-16)26-18(14-7-3-2-4-8-14)19(24)23-11-5-6-12-23/h2-4,7-10,13,18H,5-6,11-12H2,1H3,(H,21,22). The van der Waals surface area contributed by atoms with Crippen molar-refractivity contribution < 1.29 is 9.53 Å². The predicted octanol–water partition coefficient (Wildman–Crippen LogP) is 4.03. The highest BCUT2D eigenvalue weighted by Crippen LogP contribution is 2.37. The number of aromatic nitrogens is 2. The van der Waals surface area contributed by atoms with Crippen LogP contribution >= 0.6 is 11.8 Å². The maximum absolute atomic E-state index is 13.1. The number of benzene rings is 2. The molecular weight excluding hydrogens is 346 g/mol. The van der Waals surface area contributed by atoms with Gasteiger partial charge >= 0.3 is 0 Å². The van der Waals surface area contributed by atoms with Crippen molar-refractivity contribution in [1.29, 1.82) is 0 Å². The lowest BCUT2D eigenvalue weighted by molar-refractivity contribution is -0.129. The van der Waals surface area contributed by atoms with Gasteiger partial charge < -0.3 is 14.6 Å². The van der Waals surface area contributed by atoms with Crippen LogP contribution in [0.5, 0.6) is 5.75 Å². The molecule has 1 unspecified atom stereocenters.